The lowest BCUT2D eigenvalue weighted by Gasteiger charge is -2.10. The number of hydrogen-bond acceptors (Lipinski definition) is 5. The predicted octanol–water partition coefficient (Wildman–Crippen LogP) is 3.88. The van der Waals surface area contributed by atoms with E-state index in [4.69, 9.17) is 0 Å². The third kappa shape index (κ3) is 5.34. The summed E-state index contributed by atoms with van der Waals surface area (Å²) >= 11 is 0. The van der Waals surface area contributed by atoms with Crippen molar-refractivity contribution in [2.75, 3.05) is 32.5 Å². The Kier molecular flexibility index (Phi) is 6.65. The number of fused-ring (bicyclic) bond motifs is 2. The van der Waals surface area contributed by atoms with E-state index >= 15 is 0 Å². The number of H-pyrrole nitrogens is 2. The minimum Gasteiger partial charge on any atom is -0.337 e. The Morgan fingerprint density at radius 3 is 2.68 bits per heavy atom. The number of nitrogens with zero attached hydrogens (tertiary/aromatic N) is 3. The fraction of sp³-hybridized carbons (Fsp3) is 0.185. The number of aromatic nitrogens is 4. The number of anilines is 1. The molecule has 37 heavy (non-hydrogen) atoms. The van der Waals surface area contributed by atoms with Gasteiger partial charge in [-0.1, -0.05) is 30.3 Å². The van der Waals surface area contributed by atoms with Gasteiger partial charge in [0, 0.05) is 30.5 Å². The number of rotatable bonds is 7. The summed E-state index contributed by atoms with van der Waals surface area (Å²) in [5.74, 6) is -0.0553. The molecule has 2 amide bonds. The molecule has 9 nitrogen and oxygen atoms in total. The molecule has 0 saturated heterocycles. The first-order chi connectivity index (χ1) is 17.9. The van der Waals surface area contributed by atoms with E-state index in [1.54, 1.807) is 36.4 Å². The number of hydrogen-bond donors (Lipinski definition) is 4. The van der Waals surface area contributed by atoms with Crippen LogP contribution >= 0.6 is 0 Å². The molecule has 5 rings (SSSR count). The smallest absolute Gasteiger partial charge is 0.321 e. The van der Waals surface area contributed by atoms with Crippen LogP contribution in [0.4, 0.5) is 15.1 Å². The Labute approximate surface area is 211 Å². The van der Waals surface area contributed by atoms with Crippen LogP contribution in [0.3, 0.4) is 0 Å². The van der Waals surface area contributed by atoms with Crippen LogP contribution < -0.4 is 16.2 Å². The van der Waals surface area contributed by atoms with Crippen molar-refractivity contribution in [3.05, 3.63) is 88.1 Å². The van der Waals surface area contributed by atoms with Crippen LogP contribution in [0.15, 0.2) is 65.5 Å². The molecule has 0 radical (unpaired) electrons. The average molecular weight is 500 g/mol. The zero-order valence-corrected chi connectivity index (χ0v) is 20.4. The molecule has 10 heteroatoms. The highest BCUT2D eigenvalue weighted by Crippen LogP contribution is 2.28. The molecule has 0 aliphatic heterocycles. The summed E-state index contributed by atoms with van der Waals surface area (Å²) < 4.78 is 14.9. The van der Waals surface area contributed by atoms with Crippen LogP contribution in [-0.4, -0.2) is 58.3 Å². The SMILES string of the molecule is CN(C)CCNC(=O)Nc1nc2ccc(-c3cc(Cc4n[nH]c(=O)c5ccccc45)ccc3F)cc2[nH]1. The molecule has 188 valence electrons. The van der Waals surface area contributed by atoms with E-state index < -0.39 is 0 Å². The Bertz CT molecular complexity index is 1660. The largest absolute Gasteiger partial charge is 0.337 e. The molecular weight excluding hydrogens is 473 g/mol. The quantitative estimate of drug-likeness (QED) is 0.271. The van der Waals surface area contributed by atoms with Gasteiger partial charge in [0.2, 0.25) is 5.95 Å². The number of carbonyl (C=O) groups is 1. The Hall–Kier alpha value is -4.57. The van der Waals surface area contributed by atoms with Gasteiger partial charge in [-0.25, -0.2) is 19.3 Å². The number of imidazole rings is 1. The molecule has 5 aromatic rings. The van der Waals surface area contributed by atoms with Crippen molar-refractivity contribution in [3.8, 4) is 11.1 Å². The van der Waals surface area contributed by atoms with Gasteiger partial charge in [-0.3, -0.25) is 10.1 Å². The summed E-state index contributed by atoms with van der Waals surface area (Å²) in [6.45, 7) is 1.22. The second kappa shape index (κ2) is 10.2. The van der Waals surface area contributed by atoms with Gasteiger partial charge in [-0.05, 0) is 55.6 Å². The van der Waals surface area contributed by atoms with Gasteiger partial charge in [0.1, 0.15) is 5.82 Å². The Morgan fingerprint density at radius 1 is 1.05 bits per heavy atom. The van der Waals surface area contributed by atoms with Gasteiger partial charge in [-0.15, -0.1) is 0 Å². The number of benzene rings is 3. The molecule has 0 fully saturated rings. The molecule has 3 aromatic carbocycles. The third-order valence-electron chi connectivity index (χ3n) is 6.05. The summed E-state index contributed by atoms with van der Waals surface area (Å²) in [7, 11) is 3.86. The lowest BCUT2D eigenvalue weighted by atomic mass is 9.98. The van der Waals surface area contributed by atoms with Gasteiger partial charge in [0.25, 0.3) is 5.56 Å². The normalized spacial score (nSPS) is 11.4. The molecule has 4 N–H and O–H groups in total. The van der Waals surface area contributed by atoms with E-state index in [-0.39, 0.29) is 17.4 Å². The monoisotopic (exact) mass is 499 g/mol. The Balaban J connectivity index is 1.39. The van der Waals surface area contributed by atoms with Crippen molar-refractivity contribution in [3.63, 3.8) is 0 Å². The number of halogens is 1. The number of aromatic amines is 2. The number of likely N-dealkylation sites (N-methyl/N-ethyl adjacent to an activating group) is 1. The number of urea groups is 1. The van der Waals surface area contributed by atoms with Crippen molar-refractivity contribution in [2.45, 2.75) is 6.42 Å². The lowest BCUT2D eigenvalue weighted by molar-refractivity contribution is 0.250. The van der Waals surface area contributed by atoms with Crippen molar-refractivity contribution in [1.82, 2.24) is 30.4 Å². The van der Waals surface area contributed by atoms with Crippen molar-refractivity contribution in [2.24, 2.45) is 0 Å². The summed E-state index contributed by atoms with van der Waals surface area (Å²) in [4.78, 5) is 33.7. The summed E-state index contributed by atoms with van der Waals surface area (Å²) in [5, 5.41) is 13.6. The average Bonchev–Trinajstić information content (AvgIpc) is 3.28. The van der Waals surface area contributed by atoms with Crippen molar-refractivity contribution in [1.29, 1.82) is 0 Å². The van der Waals surface area contributed by atoms with Crippen LogP contribution in [0.5, 0.6) is 0 Å². The number of nitrogens with one attached hydrogen (secondary N) is 4. The van der Waals surface area contributed by atoms with Gasteiger partial charge in [-0.2, -0.15) is 5.10 Å². The van der Waals surface area contributed by atoms with Crippen LogP contribution in [0, 0.1) is 5.82 Å². The fourth-order valence-electron chi connectivity index (χ4n) is 4.18. The second-order valence-electron chi connectivity index (χ2n) is 9.04. The maximum Gasteiger partial charge on any atom is 0.321 e. The molecule has 0 saturated carbocycles. The summed E-state index contributed by atoms with van der Waals surface area (Å²) in [6.07, 6.45) is 0.424. The van der Waals surface area contributed by atoms with Gasteiger partial charge in [0.15, 0.2) is 0 Å². The van der Waals surface area contributed by atoms with Crippen LogP contribution in [0.2, 0.25) is 0 Å². The molecule has 0 bridgehead atoms. The first-order valence-corrected chi connectivity index (χ1v) is 11.8. The molecule has 2 aromatic heterocycles. The van der Waals surface area contributed by atoms with E-state index in [0.717, 1.165) is 17.5 Å². The minimum absolute atomic E-state index is 0.244. The first kappa shape index (κ1) is 24.1. The minimum atomic E-state index is -0.361. The van der Waals surface area contributed by atoms with Gasteiger partial charge in [0.05, 0.1) is 22.1 Å². The van der Waals surface area contributed by atoms with E-state index in [0.29, 0.717) is 52.2 Å². The van der Waals surface area contributed by atoms with Crippen molar-refractivity contribution >= 4 is 33.8 Å². The molecule has 2 heterocycles. The highest BCUT2D eigenvalue weighted by atomic mass is 19.1. The fourth-order valence-corrected chi connectivity index (χ4v) is 4.18. The van der Waals surface area contributed by atoms with E-state index in [2.05, 4.69) is 30.8 Å². The highest BCUT2D eigenvalue weighted by Gasteiger charge is 2.13. The first-order valence-electron chi connectivity index (χ1n) is 11.8. The van der Waals surface area contributed by atoms with Crippen molar-refractivity contribution < 1.29 is 9.18 Å². The third-order valence-corrected chi connectivity index (χ3v) is 6.05. The second-order valence-corrected chi connectivity index (χ2v) is 9.04. The standard InChI is InChI=1S/C27H26FN7O2/c1-35(2)12-11-29-27(37)32-26-30-22-10-8-17(15-24(22)31-26)20-13-16(7-9-21(20)28)14-23-18-5-3-4-6-19(18)25(36)34-33-23/h3-10,13,15H,11-12,14H2,1-2H3,(H,34,36)(H3,29,30,31,32,37). The van der Waals surface area contributed by atoms with E-state index in [1.165, 1.54) is 6.07 Å². The van der Waals surface area contributed by atoms with Crippen LogP contribution in [0.1, 0.15) is 11.3 Å². The maximum absolute atomic E-state index is 14.9. The zero-order chi connectivity index (χ0) is 25.9. The van der Waals surface area contributed by atoms with Gasteiger partial charge >= 0.3 is 6.03 Å². The summed E-state index contributed by atoms with van der Waals surface area (Å²) in [5.41, 5.74) is 3.72. The number of amides is 2. The molecule has 0 aliphatic carbocycles. The molecule has 0 spiro atoms. The topological polar surface area (TPSA) is 119 Å². The molecule has 0 atom stereocenters. The molecule has 0 aliphatic rings. The van der Waals surface area contributed by atoms with Crippen LogP contribution in [-0.2, 0) is 6.42 Å². The number of carbonyl (C=O) groups excluding carboxylic acids is 1. The maximum atomic E-state index is 14.9. The van der Waals surface area contributed by atoms with E-state index in [1.807, 2.05) is 37.2 Å². The molecular formula is C27H26FN7O2. The van der Waals surface area contributed by atoms with Gasteiger partial charge < -0.3 is 15.2 Å². The lowest BCUT2D eigenvalue weighted by Crippen LogP contribution is -2.34. The predicted molar refractivity (Wildman–Crippen MR) is 142 cm³/mol. The van der Waals surface area contributed by atoms with Crippen LogP contribution in [0.25, 0.3) is 32.9 Å². The Morgan fingerprint density at radius 2 is 1.86 bits per heavy atom. The molecule has 0 unspecified atom stereocenters. The zero-order valence-electron chi connectivity index (χ0n) is 20.4. The summed E-state index contributed by atoms with van der Waals surface area (Å²) in [6, 6.07) is 17.2. The van der Waals surface area contributed by atoms with E-state index in [9.17, 15) is 14.0 Å². The highest BCUT2D eigenvalue weighted by molar-refractivity contribution is 5.91.